The monoisotopic (exact) mass is 308 g/mol. The van der Waals surface area contributed by atoms with Gasteiger partial charge in [-0.25, -0.2) is 8.78 Å². The van der Waals surface area contributed by atoms with Gasteiger partial charge in [-0.15, -0.1) is 0 Å². The molecule has 0 unspecified atom stereocenters. The Morgan fingerprint density at radius 3 is 2.48 bits per heavy atom. The molecule has 0 aliphatic heterocycles. The number of allylic oxidation sites excluding steroid dienone is 1. The minimum atomic E-state index is -0.301. The molecule has 1 aliphatic rings. The predicted octanol–water partition coefficient (Wildman–Crippen LogP) is 5.49. The lowest BCUT2D eigenvalue weighted by molar-refractivity contribution is 0.601. The highest BCUT2D eigenvalue weighted by molar-refractivity contribution is 5.62. The number of fused-ring (bicyclic) bond motifs is 1. The Morgan fingerprint density at radius 2 is 1.74 bits per heavy atom. The minimum absolute atomic E-state index is 0.219. The Morgan fingerprint density at radius 1 is 0.957 bits per heavy atom. The third kappa shape index (κ3) is 3.51. The standard InChI is InChI=1S/C21H18F2/c1-2-3-16-7-13-20-18(14-16)10-9-17(21(20)23)8-4-15-5-11-19(22)12-6-15/h5-6,9-12,14H,2-3,7,13H2,1H3. The molecule has 1 aliphatic carbocycles. The quantitative estimate of drug-likeness (QED) is 0.643. The number of rotatable bonds is 2. The summed E-state index contributed by atoms with van der Waals surface area (Å²) < 4.78 is 27.5. The number of hydrogen-bond acceptors (Lipinski definition) is 0. The molecule has 0 radical (unpaired) electrons. The van der Waals surface area contributed by atoms with E-state index in [0.29, 0.717) is 11.1 Å². The zero-order valence-electron chi connectivity index (χ0n) is 13.1. The molecule has 2 aromatic rings. The van der Waals surface area contributed by atoms with Crippen LogP contribution in [0.5, 0.6) is 0 Å². The predicted molar refractivity (Wildman–Crippen MR) is 90.0 cm³/mol. The van der Waals surface area contributed by atoms with Crippen molar-refractivity contribution in [3.63, 3.8) is 0 Å². The van der Waals surface area contributed by atoms with E-state index in [1.54, 1.807) is 18.2 Å². The summed E-state index contributed by atoms with van der Waals surface area (Å²) in [5.41, 5.74) is 4.21. The molecule has 0 saturated heterocycles. The van der Waals surface area contributed by atoms with Gasteiger partial charge < -0.3 is 0 Å². The highest BCUT2D eigenvalue weighted by Gasteiger charge is 2.16. The van der Waals surface area contributed by atoms with E-state index in [9.17, 15) is 8.78 Å². The number of halogens is 2. The van der Waals surface area contributed by atoms with Crippen LogP contribution in [-0.2, 0) is 6.42 Å². The van der Waals surface area contributed by atoms with E-state index >= 15 is 0 Å². The van der Waals surface area contributed by atoms with Gasteiger partial charge in [-0.1, -0.05) is 42.9 Å². The molecule has 0 nitrogen and oxygen atoms in total. The van der Waals surface area contributed by atoms with Gasteiger partial charge in [0.25, 0.3) is 0 Å². The van der Waals surface area contributed by atoms with Crippen molar-refractivity contribution in [2.24, 2.45) is 0 Å². The van der Waals surface area contributed by atoms with Crippen LogP contribution < -0.4 is 0 Å². The van der Waals surface area contributed by atoms with Crippen LogP contribution in [0.2, 0.25) is 0 Å². The molecule has 0 atom stereocenters. The largest absolute Gasteiger partial charge is 0.207 e. The van der Waals surface area contributed by atoms with Crippen LogP contribution >= 0.6 is 0 Å². The van der Waals surface area contributed by atoms with Gasteiger partial charge in [0, 0.05) is 5.56 Å². The molecule has 0 spiro atoms. The first-order chi connectivity index (χ1) is 11.2. The number of benzene rings is 2. The van der Waals surface area contributed by atoms with Crippen LogP contribution in [-0.4, -0.2) is 0 Å². The molecule has 3 rings (SSSR count). The molecule has 0 N–H and O–H groups in total. The second-order valence-electron chi connectivity index (χ2n) is 5.80. The first-order valence-corrected chi connectivity index (χ1v) is 7.96. The SMILES string of the molecule is CCCC1=Cc2ccc(C#Cc3ccc(F)cc3)c(F)c2CC1. The summed E-state index contributed by atoms with van der Waals surface area (Å²) in [6.07, 6.45) is 5.96. The maximum atomic E-state index is 14.6. The summed E-state index contributed by atoms with van der Waals surface area (Å²) in [5, 5.41) is 0. The Balaban J connectivity index is 1.90. The van der Waals surface area contributed by atoms with Crippen molar-refractivity contribution in [1.29, 1.82) is 0 Å². The van der Waals surface area contributed by atoms with Gasteiger partial charge in [-0.3, -0.25) is 0 Å². The van der Waals surface area contributed by atoms with E-state index in [1.807, 2.05) is 6.07 Å². The summed E-state index contributed by atoms with van der Waals surface area (Å²) in [6, 6.07) is 9.58. The van der Waals surface area contributed by atoms with Gasteiger partial charge in [-0.2, -0.15) is 0 Å². The van der Waals surface area contributed by atoms with Gasteiger partial charge in [0.2, 0.25) is 0 Å². The van der Waals surface area contributed by atoms with Gasteiger partial charge in [0.1, 0.15) is 11.6 Å². The van der Waals surface area contributed by atoms with Crippen LogP contribution in [0.3, 0.4) is 0 Å². The summed E-state index contributed by atoms with van der Waals surface area (Å²) in [6.45, 7) is 2.16. The lowest BCUT2D eigenvalue weighted by Crippen LogP contribution is -2.04. The van der Waals surface area contributed by atoms with Crippen molar-refractivity contribution in [2.75, 3.05) is 0 Å². The molecular weight excluding hydrogens is 290 g/mol. The smallest absolute Gasteiger partial charge is 0.142 e. The second-order valence-corrected chi connectivity index (χ2v) is 5.80. The molecule has 0 saturated carbocycles. The van der Waals surface area contributed by atoms with Crippen molar-refractivity contribution < 1.29 is 8.78 Å². The van der Waals surface area contributed by atoms with E-state index < -0.39 is 0 Å². The van der Waals surface area contributed by atoms with Crippen LogP contribution in [0.4, 0.5) is 8.78 Å². The first-order valence-electron chi connectivity index (χ1n) is 7.96. The van der Waals surface area contributed by atoms with Crippen LogP contribution in [0.1, 0.15) is 48.4 Å². The topological polar surface area (TPSA) is 0 Å². The first kappa shape index (κ1) is 15.5. The molecule has 0 aromatic heterocycles. The molecule has 23 heavy (non-hydrogen) atoms. The molecule has 0 bridgehead atoms. The maximum absolute atomic E-state index is 14.6. The fraction of sp³-hybridized carbons (Fsp3) is 0.238. The maximum Gasteiger partial charge on any atom is 0.142 e. The van der Waals surface area contributed by atoms with Gasteiger partial charge in [-0.05, 0) is 60.7 Å². The molecule has 2 heteroatoms. The van der Waals surface area contributed by atoms with E-state index in [1.165, 1.54) is 17.7 Å². The van der Waals surface area contributed by atoms with Gasteiger partial charge in [0.05, 0.1) is 5.56 Å². The zero-order valence-corrected chi connectivity index (χ0v) is 13.1. The highest BCUT2D eigenvalue weighted by atomic mass is 19.1. The van der Waals surface area contributed by atoms with E-state index in [-0.39, 0.29) is 11.6 Å². The molecular formula is C21H18F2. The van der Waals surface area contributed by atoms with Crippen molar-refractivity contribution in [1.82, 2.24) is 0 Å². The Hall–Kier alpha value is -2.40. The van der Waals surface area contributed by atoms with Gasteiger partial charge in [0.15, 0.2) is 0 Å². The molecule has 0 heterocycles. The van der Waals surface area contributed by atoms with Crippen molar-refractivity contribution in [3.05, 3.63) is 75.9 Å². The molecule has 2 aromatic carbocycles. The summed E-state index contributed by atoms with van der Waals surface area (Å²) in [4.78, 5) is 0. The fourth-order valence-electron chi connectivity index (χ4n) is 2.89. The fourth-order valence-corrected chi connectivity index (χ4v) is 2.89. The van der Waals surface area contributed by atoms with Crippen molar-refractivity contribution in [3.8, 4) is 11.8 Å². The van der Waals surface area contributed by atoms with E-state index in [0.717, 1.165) is 36.8 Å². The van der Waals surface area contributed by atoms with Crippen molar-refractivity contribution in [2.45, 2.75) is 32.6 Å². The number of hydrogen-bond donors (Lipinski definition) is 0. The van der Waals surface area contributed by atoms with Gasteiger partial charge >= 0.3 is 0 Å². The Kier molecular flexibility index (Phi) is 4.57. The van der Waals surface area contributed by atoms with Crippen LogP contribution in [0.15, 0.2) is 42.0 Å². The summed E-state index contributed by atoms with van der Waals surface area (Å²) in [7, 11) is 0. The average Bonchev–Trinajstić information content (AvgIpc) is 2.56. The minimum Gasteiger partial charge on any atom is -0.207 e. The lowest BCUT2D eigenvalue weighted by atomic mass is 9.88. The summed E-state index contributed by atoms with van der Waals surface area (Å²) >= 11 is 0. The highest BCUT2D eigenvalue weighted by Crippen LogP contribution is 2.29. The molecule has 0 fully saturated rings. The third-order valence-corrected chi connectivity index (χ3v) is 4.09. The Bertz CT molecular complexity index is 802. The molecule has 116 valence electrons. The average molecular weight is 308 g/mol. The zero-order chi connectivity index (χ0) is 16.2. The third-order valence-electron chi connectivity index (χ3n) is 4.09. The van der Waals surface area contributed by atoms with E-state index in [2.05, 4.69) is 24.8 Å². The lowest BCUT2D eigenvalue weighted by Gasteiger charge is -2.17. The normalized spacial score (nSPS) is 12.9. The summed E-state index contributed by atoms with van der Waals surface area (Å²) in [5.74, 6) is 5.24. The van der Waals surface area contributed by atoms with Crippen molar-refractivity contribution >= 4 is 6.08 Å². The van der Waals surface area contributed by atoms with Crippen LogP contribution in [0.25, 0.3) is 6.08 Å². The second kappa shape index (κ2) is 6.79. The molecule has 0 amide bonds. The Labute approximate surface area is 135 Å². The van der Waals surface area contributed by atoms with E-state index in [4.69, 9.17) is 0 Å². The van der Waals surface area contributed by atoms with Crippen LogP contribution in [0, 0.1) is 23.5 Å².